The van der Waals surface area contributed by atoms with Crippen molar-refractivity contribution in [1.82, 2.24) is 9.97 Å². The quantitative estimate of drug-likeness (QED) is 0.189. The lowest BCUT2D eigenvalue weighted by Gasteiger charge is -2.04. The third-order valence-corrected chi connectivity index (χ3v) is 5.84. The molecule has 0 saturated carbocycles. The number of hydrogen-bond acceptors (Lipinski definition) is 13. The van der Waals surface area contributed by atoms with Crippen LogP contribution in [0.15, 0.2) is 36.7 Å². The van der Waals surface area contributed by atoms with Gasteiger partial charge in [0.1, 0.15) is 22.8 Å². The summed E-state index contributed by atoms with van der Waals surface area (Å²) in [6, 6.07) is 7.32. The third-order valence-electron chi connectivity index (χ3n) is 4.92. The molecule has 0 aliphatic carbocycles. The second kappa shape index (κ2) is 25.6. The Labute approximate surface area is 252 Å². The van der Waals surface area contributed by atoms with E-state index in [1.165, 1.54) is 12.8 Å². The number of carbonyl (C=O) groups excluding carboxylic acids is 2. The number of anilines is 2. The first-order chi connectivity index (χ1) is 19.7. The predicted molar refractivity (Wildman–Crippen MR) is 167 cm³/mol. The number of ether oxygens (including phenoxy) is 3. The maximum atomic E-state index is 11.2. The summed E-state index contributed by atoms with van der Waals surface area (Å²) in [4.78, 5) is 30.3. The number of nitrogens with zero attached hydrogens (tertiary/aromatic N) is 3. The van der Waals surface area contributed by atoms with Crippen molar-refractivity contribution in [1.29, 1.82) is 5.26 Å². The van der Waals surface area contributed by atoms with Crippen molar-refractivity contribution in [3.63, 3.8) is 0 Å². The minimum atomic E-state index is -0.330. The highest BCUT2D eigenvalue weighted by Crippen LogP contribution is 2.08. The molecule has 2 aromatic heterocycles. The molecule has 0 unspecified atom stereocenters. The maximum Gasteiger partial charge on any atom is 0.316 e. The largest absolute Gasteiger partial charge is 0.466 e. The van der Waals surface area contributed by atoms with E-state index < -0.39 is 0 Å². The summed E-state index contributed by atoms with van der Waals surface area (Å²) >= 11 is 6.12. The van der Waals surface area contributed by atoms with Crippen LogP contribution in [0, 0.1) is 10.7 Å². The fourth-order valence-corrected chi connectivity index (χ4v) is 3.30. The number of rotatable bonds is 11. The zero-order valence-electron chi connectivity index (χ0n) is 23.9. The van der Waals surface area contributed by atoms with E-state index in [9.17, 15) is 9.59 Å². The number of thiocarbonyl (C=S) groups is 1. The van der Waals surface area contributed by atoms with Gasteiger partial charge in [0.15, 0.2) is 0 Å². The Morgan fingerprint density at radius 2 is 1.51 bits per heavy atom. The van der Waals surface area contributed by atoms with Gasteiger partial charge in [-0.2, -0.15) is 5.26 Å². The van der Waals surface area contributed by atoms with Gasteiger partial charge in [-0.3, -0.25) is 9.59 Å². The molecule has 1 fully saturated rings. The van der Waals surface area contributed by atoms with E-state index in [4.69, 9.17) is 44.2 Å². The molecule has 41 heavy (non-hydrogen) atoms. The average Bonchev–Trinajstić information content (AvgIpc) is 3.57. The van der Waals surface area contributed by atoms with Gasteiger partial charge in [0.25, 0.3) is 0 Å². The standard InChI is InChI=1S/C13H18N2O2S.C6H9N3.C5H7NO2S.C4H8O/c1-2-17-13(16)8-6-11(18)5-3-10-4-7-12(14)15-9-10;7-3-5-1-2-6(8)9-4-5;1-2-8-5(7)3-9-4-6;1-2-4-5-3-1/h4,7,9H,2-3,5-6,8H2,1H3,(H2,14,15);1-2,4H,3,7H2,(H2,8,9);2-3H2,1H3;1-4H2. The SMILES string of the molecule is C1CCOC1.CCOC(=O)CCC(=S)CCc1ccc(N)nc1.CCOC(=O)CSC#N.NCc1ccc(N)nc1. The van der Waals surface area contributed by atoms with Crippen molar-refractivity contribution in [2.24, 2.45) is 5.73 Å². The monoisotopic (exact) mass is 606 g/mol. The topological polar surface area (TPSA) is 189 Å². The maximum absolute atomic E-state index is 11.2. The molecule has 0 atom stereocenters. The van der Waals surface area contributed by atoms with E-state index in [0.29, 0.717) is 44.2 Å². The lowest BCUT2D eigenvalue weighted by atomic mass is 10.1. The Balaban J connectivity index is 0.000000581. The normalized spacial score (nSPS) is 11.2. The average molecular weight is 607 g/mol. The third kappa shape index (κ3) is 23.1. The number of thiocyanates is 1. The molecule has 6 N–H and O–H groups in total. The van der Waals surface area contributed by atoms with Crippen LogP contribution >= 0.6 is 24.0 Å². The number of hydrogen-bond donors (Lipinski definition) is 3. The van der Waals surface area contributed by atoms with Crippen LogP contribution in [0.2, 0.25) is 0 Å². The van der Waals surface area contributed by atoms with Crippen molar-refractivity contribution in [3.8, 4) is 5.40 Å². The summed E-state index contributed by atoms with van der Waals surface area (Å²) in [6.45, 7) is 6.85. The number of nitrogens with two attached hydrogens (primary N) is 3. The lowest BCUT2D eigenvalue weighted by molar-refractivity contribution is -0.143. The highest BCUT2D eigenvalue weighted by molar-refractivity contribution is 8.04. The van der Waals surface area contributed by atoms with Crippen LogP contribution in [-0.4, -0.2) is 59.0 Å². The Morgan fingerprint density at radius 3 is 1.95 bits per heavy atom. The molecule has 0 bridgehead atoms. The first-order valence-corrected chi connectivity index (χ1v) is 14.7. The summed E-state index contributed by atoms with van der Waals surface area (Å²) in [7, 11) is 0. The second-order valence-corrected chi connectivity index (χ2v) is 9.57. The molecule has 226 valence electrons. The van der Waals surface area contributed by atoms with Gasteiger partial charge in [-0.05, 0) is 85.8 Å². The first-order valence-electron chi connectivity index (χ1n) is 13.3. The molecule has 2 aromatic rings. The highest BCUT2D eigenvalue weighted by atomic mass is 32.2. The summed E-state index contributed by atoms with van der Waals surface area (Å²) in [6.07, 6.45) is 8.57. The summed E-state index contributed by atoms with van der Waals surface area (Å²) in [5.41, 5.74) is 18.3. The predicted octanol–water partition coefficient (Wildman–Crippen LogP) is 3.99. The fourth-order valence-electron chi connectivity index (χ4n) is 2.83. The Kier molecular flexibility index (Phi) is 23.6. The first kappa shape index (κ1) is 37.7. The molecule has 0 radical (unpaired) electrons. The molecule has 0 aromatic carbocycles. The number of pyridine rings is 2. The van der Waals surface area contributed by atoms with E-state index in [-0.39, 0.29) is 17.7 Å². The van der Waals surface area contributed by atoms with Crippen molar-refractivity contribution >= 4 is 52.4 Å². The number of aryl methyl sites for hydroxylation is 1. The number of nitriles is 1. The fraction of sp³-hybridized carbons (Fsp3) is 0.500. The summed E-state index contributed by atoms with van der Waals surface area (Å²) in [5, 5.41) is 9.76. The highest BCUT2D eigenvalue weighted by Gasteiger charge is 2.05. The number of nitrogen functional groups attached to an aromatic ring is 2. The molecule has 3 heterocycles. The molecular formula is C28H42N6O5S2. The van der Waals surface area contributed by atoms with Crippen LogP contribution in [0.3, 0.4) is 0 Å². The Bertz CT molecular complexity index is 1020. The molecule has 1 saturated heterocycles. The molecular weight excluding hydrogens is 564 g/mol. The van der Waals surface area contributed by atoms with Crippen LogP contribution in [0.25, 0.3) is 0 Å². The molecule has 0 amide bonds. The molecule has 1 aliphatic rings. The molecule has 0 spiro atoms. The van der Waals surface area contributed by atoms with Crippen LogP contribution in [0.5, 0.6) is 0 Å². The molecule has 1 aliphatic heterocycles. The second-order valence-electron chi connectivity index (χ2n) is 8.23. The molecule has 13 heteroatoms. The van der Waals surface area contributed by atoms with E-state index in [1.807, 2.05) is 12.1 Å². The zero-order chi connectivity index (χ0) is 30.7. The smallest absolute Gasteiger partial charge is 0.316 e. The summed E-state index contributed by atoms with van der Waals surface area (Å²) in [5.74, 6) is 0.665. The van der Waals surface area contributed by atoms with Gasteiger partial charge in [0.2, 0.25) is 0 Å². The number of thioether (sulfide) groups is 1. The van der Waals surface area contributed by atoms with Gasteiger partial charge in [-0.15, -0.1) is 0 Å². The van der Waals surface area contributed by atoms with E-state index >= 15 is 0 Å². The minimum Gasteiger partial charge on any atom is -0.466 e. The number of esters is 2. The van der Waals surface area contributed by atoms with Crippen LogP contribution in [0.4, 0.5) is 11.6 Å². The van der Waals surface area contributed by atoms with Crippen molar-refractivity contribution in [2.75, 3.05) is 43.6 Å². The molecule has 3 rings (SSSR count). The Morgan fingerprint density at radius 1 is 0.951 bits per heavy atom. The van der Waals surface area contributed by atoms with Crippen LogP contribution in [-0.2, 0) is 36.8 Å². The lowest BCUT2D eigenvalue weighted by Crippen LogP contribution is -2.07. The van der Waals surface area contributed by atoms with Gasteiger partial charge in [0, 0.05) is 32.2 Å². The van der Waals surface area contributed by atoms with Gasteiger partial charge in [-0.25, -0.2) is 9.97 Å². The zero-order valence-corrected chi connectivity index (χ0v) is 25.5. The van der Waals surface area contributed by atoms with Gasteiger partial charge in [0.05, 0.1) is 19.6 Å². The van der Waals surface area contributed by atoms with Gasteiger partial charge >= 0.3 is 11.9 Å². The Hall–Kier alpha value is -3.31. The number of aromatic nitrogens is 2. The van der Waals surface area contributed by atoms with Gasteiger partial charge in [-0.1, -0.05) is 24.4 Å². The van der Waals surface area contributed by atoms with Crippen LogP contribution < -0.4 is 17.2 Å². The van der Waals surface area contributed by atoms with E-state index in [0.717, 1.165) is 53.8 Å². The minimum absolute atomic E-state index is 0.129. The van der Waals surface area contributed by atoms with Crippen molar-refractivity contribution in [3.05, 3.63) is 47.8 Å². The van der Waals surface area contributed by atoms with Crippen molar-refractivity contribution in [2.45, 2.75) is 58.9 Å². The van der Waals surface area contributed by atoms with Crippen LogP contribution in [0.1, 0.15) is 57.1 Å². The molecule has 11 nitrogen and oxygen atoms in total. The van der Waals surface area contributed by atoms with Crippen molar-refractivity contribution < 1.29 is 23.8 Å². The number of carbonyl (C=O) groups is 2. The van der Waals surface area contributed by atoms with Gasteiger partial charge < -0.3 is 31.4 Å². The summed E-state index contributed by atoms with van der Waals surface area (Å²) < 4.78 is 14.3. The van der Waals surface area contributed by atoms with E-state index in [1.54, 1.807) is 43.8 Å². The van der Waals surface area contributed by atoms with E-state index in [2.05, 4.69) is 14.7 Å².